The molecule has 0 spiro atoms. The topological polar surface area (TPSA) is 26.3 Å². The molecule has 2 rings (SSSR count). The Morgan fingerprint density at radius 1 is 1.16 bits per heavy atom. The number of aryl methyl sites for hydroxylation is 1. The zero-order valence-electron chi connectivity index (χ0n) is 10.5. The summed E-state index contributed by atoms with van der Waals surface area (Å²) >= 11 is 3.24. The van der Waals surface area contributed by atoms with Crippen molar-refractivity contribution in [2.24, 2.45) is 0 Å². The first-order valence-electron chi connectivity index (χ1n) is 5.67. The Balaban J connectivity index is 2.55. The second-order valence-corrected chi connectivity index (χ2v) is 5.07. The van der Waals surface area contributed by atoms with Gasteiger partial charge in [-0.2, -0.15) is 0 Å². The molecule has 0 N–H and O–H groups in total. The lowest BCUT2D eigenvalue weighted by Crippen LogP contribution is -2.07. The summed E-state index contributed by atoms with van der Waals surface area (Å²) in [5.41, 5.74) is 1.30. The van der Waals surface area contributed by atoms with E-state index in [1.54, 1.807) is 18.2 Å². The highest BCUT2D eigenvalue weighted by atomic mass is 79.9. The molecular weight excluding hydrogens is 311 g/mol. The lowest BCUT2D eigenvalue weighted by Gasteiger charge is -2.09. The quantitative estimate of drug-likeness (QED) is 0.794. The van der Waals surface area contributed by atoms with Crippen LogP contribution < -0.4 is 4.74 Å². The van der Waals surface area contributed by atoms with Gasteiger partial charge < -0.3 is 4.74 Å². The number of halogens is 2. The number of hydrogen-bond donors (Lipinski definition) is 0. The van der Waals surface area contributed by atoms with Gasteiger partial charge in [0.15, 0.2) is 5.78 Å². The molecule has 98 valence electrons. The molecule has 4 heteroatoms. The second kappa shape index (κ2) is 5.53. The van der Waals surface area contributed by atoms with Crippen LogP contribution in [-0.4, -0.2) is 12.9 Å². The van der Waals surface area contributed by atoms with Crippen molar-refractivity contribution >= 4 is 21.7 Å². The van der Waals surface area contributed by atoms with Crippen molar-refractivity contribution in [2.45, 2.75) is 6.92 Å². The minimum atomic E-state index is -0.545. The summed E-state index contributed by atoms with van der Waals surface area (Å²) in [5, 5.41) is 0. The number of carbonyl (C=O) groups excluding carboxylic acids is 1. The van der Waals surface area contributed by atoms with Gasteiger partial charge >= 0.3 is 0 Å². The molecule has 0 aromatic heterocycles. The highest BCUT2D eigenvalue weighted by Gasteiger charge is 2.18. The summed E-state index contributed by atoms with van der Waals surface area (Å²) in [4.78, 5) is 12.4. The summed E-state index contributed by atoms with van der Waals surface area (Å²) in [6.07, 6.45) is 0. The first kappa shape index (κ1) is 13.7. The number of carbonyl (C=O) groups is 1. The van der Waals surface area contributed by atoms with Crippen molar-refractivity contribution in [2.75, 3.05) is 7.11 Å². The number of ether oxygens (including phenoxy) is 1. The van der Waals surface area contributed by atoms with Gasteiger partial charge in [0, 0.05) is 4.47 Å². The zero-order chi connectivity index (χ0) is 14.0. The molecule has 0 atom stereocenters. The molecule has 0 bridgehead atoms. The molecule has 0 aliphatic rings. The maximum absolute atomic E-state index is 13.8. The normalized spacial score (nSPS) is 10.3. The smallest absolute Gasteiger partial charge is 0.199 e. The zero-order valence-corrected chi connectivity index (χ0v) is 12.1. The summed E-state index contributed by atoms with van der Waals surface area (Å²) in [6.45, 7) is 1.87. The lowest BCUT2D eigenvalue weighted by molar-refractivity contribution is 0.103. The molecule has 0 radical (unpaired) electrons. The van der Waals surface area contributed by atoms with E-state index in [0.717, 1.165) is 5.56 Å². The fourth-order valence-corrected chi connectivity index (χ4v) is 2.18. The summed E-state index contributed by atoms with van der Waals surface area (Å²) < 4.78 is 19.6. The maximum Gasteiger partial charge on any atom is 0.199 e. The van der Waals surface area contributed by atoms with E-state index in [1.807, 2.05) is 13.0 Å². The van der Waals surface area contributed by atoms with Crippen molar-refractivity contribution in [1.82, 2.24) is 0 Å². The van der Waals surface area contributed by atoms with Gasteiger partial charge in [-0.3, -0.25) is 4.79 Å². The van der Waals surface area contributed by atoms with Crippen LogP contribution in [0.5, 0.6) is 5.75 Å². The second-order valence-electron chi connectivity index (χ2n) is 4.16. The van der Waals surface area contributed by atoms with E-state index in [9.17, 15) is 9.18 Å². The third-order valence-electron chi connectivity index (χ3n) is 2.77. The lowest BCUT2D eigenvalue weighted by atomic mass is 10.0. The van der Waals surface area contributed by atoms with Crippen LogP contribution in [-0.2, 0) is 0 Å². The van der Waals surface area contributed by atoms with E-state index in [1.165, 1.54) is 19.2 Å². The van der Waals surface area contributed by atoms with Crippen molar-refractivity contribution in [3.05, 3.63) is 63.4 Å². The summed E-state index contributed by atoms with van der Waals surface area (Å²) in [5.74, 6) is -0.494. The Morgan fingerprint density at radius 2 is 1.89 bits per heavy atom. The minimum absolute atomic E-state index is 0.0262. The third-order valence-corrected chi connectivity index (χ3v) is 3.27. The van der Waals surface area contributed by atoms with Crippen LogP contribution in [0.1, 0.15) is 21.5 Å². The van der Waals surface area contributed by atoms with Crippen LogP contribution in [0.25, 0.3) is 0 Å². The van der Waals surface area contributed by atoms with Gasteiger partial charge in [0.05, 0.1) is 18.2 Å². The van der Waals surface area contributed by atoms with Crippen LogP contribution in [0.3, 0.4) is 0 Å². The predicted octanol–water partition coefficient (Wildman–Crippen LogP) is 4.14. The Hall–Kier alpha value is -1.68. The van der Waals surface area contributed by atoms with Gasteiger partial charge in [0.25, 0.3) is 0 Å². The number of rotatable bonds is 3. The van der Waals surface area contributed by atoms with E-state index < -0.39 is 5.82 Å². The first-order chi connectivity index (χ1) is 9.02. The Kier molecular flexibility index (Phi) is 4.00. The fourth-order valence-electron chi connectivity index (χ4n) is 1.82. The standard InChI is InChI=1S/C15H12BrFO2/c1-9-3-6-14(19-2)12(7-9)15(18)11-8-10(16)4-5-13(11)17/h3-8H,1-2H3. The highest BCUT2D eigenvalue weighted by Crippen LogP contribution is 2.25. The Morgan fingerprint density at radius 3 is 2.58 bits per heavy atom. The molecule has 2 nitrogen and oxygen atoms in total. The number of benzene rings is 2. The average molecular weight is 323 g/mol. The monoisotopic (exact) mass is 322 g/mol. The summed E-state index contributed by atoms with van der Waals surface area (Å²) in [6, 6.07) is 9.53. The van der Waals surface area contributed by atoms with Crippen LogP contribution >= 0.6 is 15.9 Å². The van der Waals surface area contributed by atoms with Crippen LogP contribution in [0.2, 0.25) is 0 Å². The van der Waals surface area contributed by atoms with Crippen LogP contribution in [0, 0.1) is 12.7 Å². The van der Waals surface area contributed by atoms with Gasteiger partial charge in [-0.05, 0) is 37.3 Å². The predicted molar refractivity (Wildman–Crippen MR) is 75.3 cm³/mol. The van der Waals surface area contributed by atoms with Gasteiger partial charge in [-0.15, -0.1) is 0 Å². The van der Waals surface area contributed by atoms with E-state index in [2.05, 4.69) is 15.9 Å². The molecule has 0 aliphatic heterocycles. The average Bonchev–Trinajstić information content (AvgIpc) is 2.40. The van der Waals surface area contributed by atoms with Crippen molar-refractivity contribution in [1.29, 1.82) is 0 Å². The Bertz CT molecular complexity index is 638. The summed E-state index contributed by atoms with van der Waals surface area (Å²) in [7, 11) is 1.48. The molecule has 2 aromatic rings. The molecule has 19 heavy (non-hydrogen) atoms. The van der Waals surface area contributed by atoms with E-state index in [4.69, 9.17) is 4.74 Å². The molecule has 0 fully saturated rings. The Labute approximate surface area is 119 Å². The minimum Gasteiger partial charge on any atom is -0.496 e. The number of hydrogen-bond acceptors (Lipinski definition) is 2. The molecule has 0 aliphatic carbocycles. The van der Waals surface area contributed by atoms with Gasteiger partial charge in [0.2, 0.25) is 0 Å². The van der Waals surface area contributed by atoms with Crippen molar-refractivity contribution in [3.63, 3.8) is 0 Å². The van der Waals surface area contributed by atoms with Crippen LogP contribution in [0.15, 0.2) is 40.9 Å². The number of ketones is 1. The molecule has 0 heterocycles. The fraction of sp³-hybridized carbons (Fsp3) is 0.133. The van der Waals surface area contributed by atoms with E-state index in [0.29, 0.717) is 15.8 Å². The van der Waals surface area contributed by atoms with Gasteiger partial charge in [-0.25, -0.2) is 4.39 Å². The van der Waals surface area contributed by atoms with Gasteiger partial charge in [0.1, 0.15) is 11.6 Å². The first-order valence-corrected chi connectivity index (χ1v) is 6.46. The van der Waals surface area contributed by atoms with Crippen molar-refractivity contribution in [3.8, 4) is 5.75 Å². The van der Waals surface area contributed by atoms with Crippen molar-refractivity contribution < 1.29 is 13.9 Å². The molecule has 0 saturated heterocycles. The SMILES string of the molecule is COc1ccc(C)cc1C(=O)c1cc(Br)ccc1F. The molecule has 0 amide bonds. The molecule has 2 aromatic carbocycles. The molecule has 0 saturated carbocycles. The van der Waals surface area contributed by atoms with E-state index in [-0.39, 0.29) is 11.3 Å². The number of methoxy groups -OCH3 is 1. The maximum atomic E-state index is 13.8. The largest absolute Gasteiger partial charge is 0.496 e. The molecule has 0 unspecified atom stereocenters. The third kappa shape index (κ3) is 2.84. The van der Waals surface area contributed by atoms with Crippen LogP contribution in [0.4, 0.5) is 4.39 Å². The van der Waals surface area contributed by atoms with Gasteiger partial charge in [-0.1, -0.05) is 27.6 Å². The molecular formula is C15H12BrFO2. The highest BCUT2D eigenvalue weighted by molar-refractivity contribution is 9.10. The van der Waals surface area contributed by atoms with E-state index >= 15 is 0 Å².